The molecule has 8 unspecified atom stereocenters. The second-order valence-corrected chi connectivity index (χ2v) is 20.1. The zero-order chi connectivity index (χ0) is 46.5. The molecule has 0 radical (unpaired) electrons. The third-order valence-corrected chi connectivity index (χ3v) is 13.4. The van der Waals surface area contributed by atoms with Crippen molar-refractivity contribution < 1.29 is 39.5 Å². The summed E-state index contributed by atoms with van der Waals surface area (Å²) in [6.07, 6.45) is 30.8. The van der Waals surface area contributed by atoms with E-state index in [9.17, 15) is 30.0 Å². The Morgan fingerprint density at radius 1 is 0.397 bits per heavy atom. The van der Waals surface area contributed by atoms with Crippen molar-refractivity contribution in [3.63, 3.8) is 0 Å². The number of carbonyl (C=O) groups excluding carboxylic acids is 2. The monoisotopic (exact) mass is 897 g/mol. The molecule has 10 heteroatoms. The van der Waals surface area contributed by atoms with Crippen LogP contribution in [-0.4, -0.2) is 118 Å². The lowest BCUT2D eigenvalue weighted by atomic mass is 9.94. The van der Waals surface area contributed by atoms with E-state index in [0.717, 1.165) is 70.6 Å². The lowest BCUT2D eigenvalue weighted by Crippen LogP contribution is -2.49. The van der Waals surface area contributed by atoms with Crippen molar-refractivity contribution in [1.29, 1.82) is 0 Å². The first-order chi connectivity index (χ1) is 30.4. The van der Waals surface area contributed by atoms with Crippen molar-refractivity contribution >= 4 is 11.9 Å². The quantitative estimate of drug-likeness (QED) is 0.0345. The van der Waals surface area contributed by atoms with E-state index >= 15 is 0 Å². The normalized spacial score (nSPS) is 18.7. The summed E-state index contributed by atoms with van der Waals surface area (Å²) in [5.74, 6) is -1.43. The molecular weight excluding hydrogens is 793 g/mol. The molecule has 374 valence electrons. The maximum absolute atomic E-state index is 13.3. The highest BCUT2D eigenvalue weighted by atomic mass is 16.6. The predicted octanol–water partition coefficient (Wildman–Crippen LogP) is 11.3. The fraction of sp³-hybridized carbons (Fsp3) is 0.962. The van der Waals surface area contributed by atoms with Crippen LogP contribution < -0.4 is 0 Å². The summed E-state index contributed by atoms with van der Waals surface area (Å²) in [6.45, 7) is 15.7. The molecule has 0 bridgehead atoms. The number of carbonyl (C=O) groups is 2. The fourth-order valence-corrected chi connectivity index (χ4v) is 9.35. The van der Waals surface area contributed by atoms with Gasteiger partial charge in [-0.1, -0.05) is 189 Å². The Morgan fingerprint density at radius 3 is 0.952 bits per heavy atom. The molecule has 8 atom stereocenters. The van der Waals surface area contributed by atoms with Gasteiger partial charge in [0.15, 0.2) is 0 Å². The average molecular weight is 897 g/mol. The minimum atomic E-state index is -0.946. The molecule has 0 aromatic rings. The molecule has 1 saturated heterocycles. The van der Waals surface area contributed by atoms with E-state index in [-0.39, 0.29) is 11.8 Å². The summed E-state index contributed by atoms with van der Waals surface area (Å²) in [5.41, 5.74) is 0. The van der Waals surface area contributed by atoms with Crippen LogP contribution in [0.5, 0.6) is 0 Å². The van der Waals surface area contributed by atoms with Gasteiger partial charge in [-0.05, 0) is 65.0 Å². The van der Waals surface area contributed by atoms with Crippen LogP contribution in [-0.2, 0) is 19.1 Å². The van der Waals surface area contributed by atoms with Crippen LogP contribution in [0.2, 0.25) is 0 Å². The van der Waals surface area contributed by atoms with Gasteiger partial charge >= 0.3 is 11.9 Å². The van der Waals surface area contributed by atoms with Gasteiger partial charge in [0.1, 0.15) is 0 Å². The Balaban J connectivity index is 2.59. The Hall–Kier alpha value is -1.30. The second kappa shape index (κ2) is 39.8. The molecule has 0 saturated carbocycles. The molecule has 10 nitrogen and oxygen atoms in total. The smallest absolute Gasteiger partial charge is 0.348 e. The zero-order valence-corrected chi connectivity index (χ0v) is 42.1. The van der Waals surface area contributed by atoms with Gasteiger partial charge < -0.3 is 29.9 Å². The maximum atomic E-state index is 13.3. The third kappa shape index (κ3) is 32.1. The van der Waals surface area contributed by atoms with Gasteiger partial charge in [-0.25, -0.2) is 9.59 Å². The van der Waals surface area contributed by atoms with E-state index in [1.54, 1.807) is 6.92 Å². The largest absolute Gasteiger partial charge is 0.447 e. The van der Waals surface area contributed by atoms with E-state index in [0.29, 0.717) is 52.1 Å². The van der Waals surface area contributed by atoms with Gasteiger partial charge in [-0.15, -0.1) is 0 Å². The molecule has 0 aromatic heterocycles. The summed E-state index contributed by atoms with van der Waals surface area (Å²) in [7, 11) is 0. The summed E-state index contributed by atoms with van der Waals surface area (Å²) in [6, 6.07) is 0. The first-order valence-electron chi connectivity index (χ1n) is 27.0. The highest BCUT2D eigenvalue weighted by Gasteiger charge is 2.43. The van der Waals surface area contributed by atoms with Gasteiger partial charge in [-0.2, -0.15) is 0 Å². The van der Waals surface area contributed by atoms with Crippen molar-refractivity contribution in [3.8, 4) is 0 Å². The number of aliphatic hydroxyl groups is 4. The minimum Gasteiger partial charge on any atom is -0.447 e. The molecule has 1 aliphatic heterocycles. The minimum absolute atomic E-state index is 0.226. The van der Waals surface area contributed by atoms with E-state index in [2.05, 4.69) is 30.6 Å². The van der Waals surface area contributed by atoms with Gasteiger partial charge in [0.2, 0.25) is 12.2 Å². The van der Waals surface area contributed by atoms with Crippen molar-refractivity contribution in [1.82, 2.24) is 9.80 Å². The summed E-state index contributed by atoms with van der Waals surface area (Å²) >= 11 is 0. The standard InChI is InChI=1S/C53H104N2O8/c1-7-10-13-16-19-22-25-28-35-47(57)41-54(40-46(6)56)38-31-33-44(4)50-52(60)63-51(53(61)62-50)45(5)34-32-39-55(42-48(58)36-29-26-23-20-17-14-11-8-2)43-49(59)37-30-27-24-21-18-15-12-9-3/h44-51,56-59H,7-43H2,1-6H3. The molecule has 1 heterocycles. The van der Waals surface area contributed by atoms with E-state index in [4.69, 9.17) is 9.47 Å². The SMILES string of the molecule is CCCCCCCCCCC(O)CN(CCCC(C)C1OC(=O)C(C(C)CCCN(CC(O)CCCCCCCCCC)CC(O)CCCCCCCCCC)OC1=O)CC(C)O. The van der Waals surface area contributed by atoms with Crippen LogP contribution in [0.4, 0.5) is 0 Å². The molecular formula is C53H104N2O8. The summed E-state index contributed by atoms with van der Waals surface area (Å²) < 4.78 is 11.6. The highest BCUT2D eigenvalue weighted by Crippen LogP contribution is 2.27. The van der Waals surface area contributed by atoms with Crippen molar-refractivity contribution in [2.45, 2.75) is 277 Å². The van der Waals surface area contributed by atoms with Gasteiger partial charge in [-0.3, -0.25) is 9.80 Å². The molecule has 1 rings (SSSR count). The lowest BCUT2D eigenvalue weighted by molar-refractivity contribution is -0.202. The Bertz CT molecular complexity index is 1040. The number of nitrogens with zero attached hydrogens (tertiary/aromatic N) is 2. The number of hydrogen-bond donors (Lipinski definition) is 4. The molecule has 0 aliphatic carbocycles. The third-order valence-electron chi connectivity index (χ3n) is 13.4. The molecule has 0 spiro atoms. The van der Waals surface area contributed by atoms with Crippen molar-refractivity contribution in [2.24, 2.45) is 11.8 Å². The number of cyclic esters (lactones) is 2. The number of rotatable bonds is 45. The number of unbranched alkanes of at least 4 members (excludes halogenated alkanes) is 21. The predicted molar refractivity (Wildman–Crippen MR) is 261 cm³/mol. The Kier molecular flexibility index (Phi) is 37.8. The number of aliphatic hydroxyl groups excluding tert-OH is 4. The maximum Gasteiger partial charge on any atom is 0.348 e. The molecule has 63 heavy (non-hydrogen) atoms. The lowest BCUT2D eigenvalue weighted by Gasteiger charge is -2.34. The van der Waals surface area contributed by atoms with E-state index < -0.39 is 48.6 Å². The van der Waals surface area contributed by atoms with Gasteiger partial charge in [0.05, 0.1) is 24.4 Å². The summed E-state index contributed by atoms with van der Waals surface area (Å²) in [5, 5.41) is 43.0. The van der Waals surface area contributed by atoms with E-state index in [1.807, 2.05) is 13.8 Å². The highest BCUT2D eigenvalue weighted by molar-refractivity contribution is 5.87. The van der Waals surface area contributed by atoms with Gasteiger partial charge in [0, 0.05) is 38.0 Å². The van der Waals surface area contributed by atoms with Crippen LogP contribution in [0.3, 0.4) is 0 Å². The van der Waals surface area contributed by atoms with Crippen molar-refractivity contribution in [3.05, 3.63) is 0 Å². The van der Waals surface area contributed by atoms with Gasteiger partial charge in [0.25, 0.3) is 0 Å². The van der Waals surface area contributed by atoms with Crippen LogP contribution in [0.15, 0.2) is 0 Å². The molecule has 1 fully saturated rings. The van der Waals surface area contributed by atoms with Crippen LogP contribution >= 0.6 is 0 Å². The molecule has 4 N–H and O–H groups in total. The summed E-state index contributed by atoms with van der Waals surface area (Å²) in [4.78, 5) is 30.8. The fourth-order valence-electron chi connectivity index (χ4n) is 9.35. The number of esters is 2. The first kappa shape index (κ1) is 59.7. The molecule has 1 aliphatic rings. The molecule has 0 amide bonds. The Morgan fingerprint density at radius 2 is 0.667 bits per heavy atom. The second-order valence-electron chi connectivity index (χ2n) is 20.1. The van der Waals surface area contributed by atoms with Crippen LogP contribution in [0.25, 0.3) is 0 Å². The molecule has 0 aromatic carbocycles. The average Bonchev–Trinajstić information content (AvgIpc) is 3.23. The Labute approximate surface area is 388 Å². The van der Waals surface area contributed by atoms with E-state index in [1.165, 1.54) is 116 Å². The van der Waals surface area contributed by atoms with Crippen molar-refractivity contribution in [2.75, 3.05) is 39.3 Å². The number of ether oxygens (including phenoxy) is 2. The topological polar surface area (TPSA) is 140 Å². The van der Waals surface area contributed by atoms with Crippen LogP contribution in [0.1, 0.15) is 241 Å². The zero-order valence-electron chi connectivity index (χ0n) is 42.1. The first-order valence-corrected chi connectivity index (χ1v) is 27.0. The number of hydrogen-bond acceptors (Lipinski definition) is 10. The van der Waals surface area contributed by atoms with Crippen LogP contribution in [0, 0.1) is 11.8 Å².